The van der Waals surface area contributed by atoms with Crippen LogP contribution in [0.4, 0.5) is 11.5 Å². The Morgan fingerprint density at radius 2 is 1.93 bits per heavy atom. The summed E-state index contributed by atoms with van der Waals surface area (Å²) in [5.41, 5.74) is 0.513. The number of rotatable bonds is 10. The molecule has 1 heterocycles. The van der Waals surface area contributed by atoms with Crippen molar-refractivity contribution in [1.29, 1.82) is 0 Å². The van der Waals surface area contributed by atoms with Gasteiger partial charge in [0.15, 0.2) is 5.82 Å². The second kappa shape index (κ2) is 10.5. The van der Waals surface area contributed by atoms with Crippen molar-refractivity contribution in [3.8, 4) is 0 Å². The van der Waals surface area contributed by atoms with E-state index in [4.69, 9.17) is 4.52 Å². The zero-order valence-corrected chi connectivity index (χ0v) is 17.7. The minimum atomic E-state index is -0.518. The number of carbonyl (C=O) groups is 2. The third-order valence-electron chi connectivity index (χ3n) is 4.91. The van der Waals surface area contributed by atoms with E-state index in [1.807, 2.05) is 13.8 Å². The fraction of sp³-hybridized carbons (Fsp3) is 0.450. The number of nitrogens with one attached hydrogen (secondary N) is 2. The molecule has 0 aliphatic rings. The van der Waals surface area contributed by atoms with E-state index in [9.17, 15) is 19.7 Å². The smallest absolute Gasteiger partial charge is 0.273 e. The van der Waals surface area contributed by atoms with Crippen molar-refractivity contribution in [2.45, 2.75) is 27.7 Å². The van der Waals surface area contributed by atoms with Crippen molar-refractivity contribution in [2.24, 2.45) is 0 Å². The number of aromatic nitrogens is 1. The Hall–Kier alpha value is -3.27. The largest absolute Gasteiger partial charge is 0.360 e. The van der Waals surface area contributed by atoms with Gasteiger partial charge in [0.2, 0.25) is 5.91 Å². The number of hydrogen-bond acceptors (Lipinski definition) is 6. The van der Waals surface area contributed by atoms with Crippen LogP contribution < -0.4 is 10.2 Å². The Morgan fingerprint density at radius 3 is 2.50 bits per heavy atom. The monoisotopic (exact) mass is 418 g/mol. The van der Waals surface area contributed by atoms with Gasteiger partial charge in [0, 0.05) is 23.3 Å². The summed E-state index contributed by atoms with van der Waals surface area (Å²) in [6.45, 7) is 9.98. The standard InChI is InChI=1S/C20H27N5O5/c1-5-23(6-2)9-10-24(13-19(26)21-18-11-15(4)30-22-18)20(27)16-8-7-14(3)17(12-16)25(28)29/h7-8,11-12H,5-6,9-10,13H2,1-4H3,(H,21,22,26)/p+1. The third-order valence-corrected chi connectivity index (χ3v) is 4.91. The molecule has 0 radical (unpaired) electrons. The zero-order chi connectivity index (χ0) is 22.3. The molecule has 0 aliphatic carbocycles. The van der Waals surface area contributed by atoms with Crippen molar-refractivity contribution in [3.05, 3.63) is 51.3 Å². The van der Waals surface area contributed by atoms with Gasteiger partial charge in [-0.15, -0.1) is 0 Å². The number of nitro benzene ring substituents is 1. The van der Waals surface area contributed by atoms with Gasteiger partial charge in [-0.05, 0) is 33.8 Å². The molecule has 0 bridgehead atoms. The number of likely N-dealkylation sites (N-methyl/N-ethyl adjacent to an activating group) is 1. The Balaban J connectivity index is 2.21. The number of nitro groups is 1. The summed E-state index contributed by atoms with van der Waals surface area (Å²) >= 11 is 0. The van der Waals surface area contributed by atoms with E-state index in [0.29, 0.717) is 24.4 Å². The highest BCUT2D eigenvalue weighted by molar-refractivity contribution is 5.99. The van der Waals surface area contributed by atoms with Crippen LogP contribution in [0.1, 0.15) is 35.5 Å². The summed E-state index contributed by atoms with van der Waals surface area (Å²) in [5, 5.41) is 17.6. The minimum absolute atomic E-state index is 0.127. The average molecular weight is 418 g/mol. The molecule has 0 atom stereocenters. The molecule has 30 heavy (non-hydrogen) atoms. The number of aryl methyl sites for hydroxylation is 2. The van der Waals surface area contributed by atoms with Crippen LogP contribution in [0.5, 0.6) is 0 Å². The lowest BCUT2D eigenvalue weighted by Crippen LogP contribution is -3.12. The maximum atomic E-state index is 13.1. The maximum Gasteiger partial charge on any atom is 0.273 e. The Bertz CT molecular complexity index is 907. The van der Waals surface area contributed by atoms with Gasteiger partial charge in [-0.3, -0.25) is 19.7 Å². The number of quaternary nitrogens is 1. The average Bonchev–Trinajstić information content (AvgIpc) is 3.11. The van der Waals surface area contributed by atoms with Crippen molar-refractivity contribution in [2.75, 3.05) is 38.0 Å². The Morgan fingerprint density at radius 1 is 1.23 bits per heavy atom. The number of amides is 2. The lowest BCUT2D eigenvalue weighted by molar-refractivity contribution is -0.895. The minimum Gasteiger partial charge on any atom is -0.360 e. The highest BCUT2D eigenvalue weighted by Gasteiger charge is 2.23. The Kier molecular flexibility index (Phi) is 8.05. The van der Waals surface area contributed by atoms with Crippen LogP contribution in [0.3, 0.4) is 0 Å². The molecular weight excluding hydrogens is 390 g/mol. The molecule has 10 nitrogen and oxygen atoms in total. The number of hydrogen-bond donors (Lipinski definition) is 2. The van der Waals surface area contributed by atoms with Gasteiger partial charge in [-0.1, -0.05) is 11.2 Å². The number of anilines is 1. The predicted molar refractivity (Wildman–Crippen MR) is 111 cm³/mol. The van der Waals surface area contributed by atoms with E-state index in [2.05, 4.69) is 10.5 Å². The second-order valence-corrected chi connectivity index (χ2v) is 7.06. The highest BCUT2D eigenvalue weighted by atomic mass is 16.6. The molecule has 162 valence electrons. The van der Waals surface area contributed by atoms with Crippen LogP contribution in [0, 0.1) is 24.0 Å². The molecule has 2 aromatic rings. The molecule has 0 saturated heterocycles. The topological polar surface area (TPSA) is 123 Å². The van der Waals surface area contributed by atoms with Gasteiger partial charge in [0.05, 0.1) is 31.1 Å². The summed E-state index contributed by atoms with van der Waals surface area (Å²) < 4.78 is 4.93. The molecule has 0 spiro atoms. The molecule has 0 aliphatic heterocycles. The maximum absolute atomic E-state index is 13.1. The van der Waals surface area contributed by atoms with Crippen molar-refractivity contribution >= 4 is 23.3 Å². The molecule has 0 fully saturated rings. The predicted octanol–water partition coefficient (Wildman–Crippen LogP) is 1.21. The first kappa shape index (κ1) is 23.0. The van der Waals surface area contributed by atoms with E-state index in [1.54, 1.807) is 26.0 Å². The van der Waals surface area contributed by atoms with Crippen LogP contribution in [-0.4, -0.2) is 59.5 Å². The summed E-state index contributed by atoms with van der Waals surface area (Å²) in [6, 6.07) is 5.92. The molecule has 1 aromatic heterocycles. The van der Waals surface area contributed by atoms with E-state index < -0.39 is 16.7 Å². The van der Waals surface area contributed by atoms with Gasteiger partial charge in [-0.25, -0.2) is 0 Å². The molecule has 0 unspecified atom stereocenters. The van der Waals surface area contributed by atoms with Crippen LogP contribution in [-0.2, 0) is 4.79 Å². The van der Waals surface area contributed by atoms with E-state index in [0.717, 1.165) is 13.1 Å². The lowest BCUT2D eigenvalue weighted by atomic mass is 10.1. The molecule has 1 aromatic carbocycles. The quantitative estimate of drug-likeness (QED) is 0.442. The lowest BCUT2D eigenvalue weighted by Gasteiger charge is -2.24. The van der Waals surface area contributed by atoms with Gasteiger partial charge < -0.3 is 19.6 Å². The first-order chi connectivity index (χ1) is 14.2. The number of nitrogens with zero attached hydrogens (tertiary/aromatic N) is 3. The van der Waals surface area contributed by atoms with Crippen molar-refractivity contribution < 1.29 is 23.9 Å². The van der Waals surface area contributed by atoms with Crippen molar-refractivity contribution in [3.63, 3.8) is 0 Å². The van der Waals surface area contributed by atoms with Crippen LogP contribution in [0.15, 0.2) is 28.8 Å². The number of benzene rings is 1. The molecule has 2 amide bonds. The summed E-state index contributed by atoms with van der Waals surface area (Å²) in [6.07, 6.45) is 0. The van der Waals surface area contributed by atoms with Gasteiger partial charge in [-0.2, -0.15) is 0 Å². The van der Waals surface area contributed by atoms with E-state index in [-0.39, 0.29) is 23.6 Å². The van der Waals surface area contributed by atoms with Crippen LogP contribution >= 0.6 is 0 Å². The van der Waals surface area contributed by atoms with E-state index >= 15 is 0 Å². The first-order valence-electron chi connectivity index (χ1n) is 9.86. The van der Waals surface area contributed by atoms with E-state index in [1.165, 1.54) is 21.9 Å². The molecule has 2 N–H and O–H groups in total. The molecule has 10 heteroatoms. The molecule has 2 rings (SSSR count). The first-order valence-corrected chi connectivity index (χ1v) is 9.86. The van der Waals surface area contributed by atoms with Gasteiger partial charge in [0.1, 0.15) is 12.3 Å². The normalized spacial score (nSPS) is 10.8. The highest BCUT2D eigenvalue weighted by Crippen LogP contribution is 2.20. The van der Waals surface area contributed by atoms with Gasteiger partial charge >= 0.3 is 0 Å². The number of carbonyl (C=O) groups excluding carboxylic acids is 2. The SMILES string of the molecule is CC[NH+](CC)CCN(CC(=O)Nc1cc(C)on1)C(=O)c1ccc(C)c([N+](=O)[O-])c1. The van der Waals surface area contributed by atoms with Crippen LogP contribution in [0.2, 0.25) is 0 Å². The Labute approximate surface area is 175 Å². The summed E-state index contributed by atoms with van der Waals surface area (Å²) in [4.78, 5) is 39.0. The fourth-order valence-corrected chi connectivity index (χ4v) is 3.05. The van der Waals surface area contributed by atoms with Crippen LogP contribution in [0.25, 0.3) is 0 Å². The molecular formula is C20H28N5O5+. The summed E-state index contributed by atoms with van der Waals surface area (Å²) in [7, 11) is 0. The molecule has 0 saturated carbocycles. The second-order valence-electron chi connectivity index (χ2n) is 7.06. The van der Waals surface area contributed by atoms with Crippen molar-refractivity contribution in [1.82, 2.24) is 10.1 Å². The van der Waals surface area contributed by atoms with Gasteiger partial charge in [0.25, 0.3) is 11.6 Å². The zero-order valence-electron chi connectivity index (χ0n) is 17.7. The fourth-order valence-electron chi connectivity index (χ4n) is 3.05. The summed E-state index contributed by atoms with van der Waals surface area (Å²) in [5.74, 6) is -0.0375. The third kappa shape index (κ3) is 6.11.